The number of nitrogens with one attached hydrogen (secondary N) is 1. The van der Waals surface area contributed by atoms with E-state index < -0.39 is 49.5 Å². The van der Waals surface area contributed by atoms with Gasteiger partial charge in [0, 0.05) is 6.42 Å². The molecule has 0 saturated carbocycles. The lowest BCUT2D eigenvalue weighted by molar-refractivity contribution is -0.302. The van der Waals surface area contributed by atoms with Gasteiger partial charge in [-0.3, -0.25) is 4.79 Å². The number of hydrogen-bond acceptors (Lipinski definition) is 8. The molecule has 0 aromatic heterocycles. The predicted octanol–water partition coefficient (Wildman–Crippen LogP) is 17.3. The van der Waals surface area contributed by atoms with E-state index in [-0.39, 0.29) is 12.5 Å². The molecule has 0 spiro atoms. The first-order chi connectivity index (χ1) is 36.8. The maximum Gasteiger partial charge on any atom is 0.220 e. The lowest BCUT2D eigenvalue weighted by Gasteiger charge is -2.40. The van der Waals surface area contributed by atoms with E-state index in [2.05, 4.69) is 31.3 Å². The number of rotatable bonds is 58. The molecule has 6 N–H and O–H groups in total. The molecule has 0 aromatic carbocycles. The number of aliphatic hydroxyl groups excluding tert-OH is 5. The minimum absolute atomic E-state index is 0.179. The number of carbonyl (C=O) groups excluding carboxylic acids is 1. The first kappa shape index (κ1) is 71.7. The maximum atomic E-state index is 13.1. The topological polar surface area (TPSA) is 149 Å². The Bertz CT molecular complexity index is 1230. The van der Waals surface area contributed by atoms with Gasteiger partial charge in [0.15, 0.2) is 6.29 Å². The summed E-state index contributed by atoms with van der Waals surface area (Å²) < 4.78 is 11.3. The van der Waals surface area contributed by atoms with Crippen LogP contribution in [0.3, 0.4) is 0 Å². The van der Waals surface area contributed by atoms with Gasteiger partial charge in [0.1, 0.15) is 24.4 Å². The normalized spacial score (nSPS) is 18.9. The van der Waals surface area contributed by atoms with Gasteiger partial charge in [0.2, 0.25) is 5.91 Å². The Morgan fingerprint density at radius 2 is 0.760 bits per heavy atom. The molecule has 1 heterocycles. The summed E-state index contributed by atoms with van der Waals surface area (Å²) in [6.45, 7) is 3.82. The summed E-state index contributed by atoms with van der Waals surface area (Å²) in [5.41, 5.74) is 0. The van der Waals surface area contributed by atoms with Crippen molar-refractivity contribution in [3.05, 3.63) is 24.3 Å². The van der Waals surface area contributed by atoms with E-state index in [9.17, 15) is 30.3 Å². The zero-order valence-corrected chi connectivity index (χ0v) is 49.6. The second-order valence-electron chi connectivity index (χ2n) is 23.3. The van der Waals surface area contributed by atoms with Gasteiger partial charge < -0.3 is 40.3 Å². The molecule has 1 rings (SSSR count). The molecule has 9 heteroatoms. The van der Waals surface area contributed by atoms with Crippen LogP contribution in [-0.4, -0.2) is 87.5 Å². The summed E-state index contributed by atoms with van der Waals surface area (Å²) in [5, 5.41) is 54.7. The summed E-state index contributed by atoms with van der Waals surface area (Å²) in [5.74, 6) is -0.179. The average molecular weight is 1060 g/mol. The van der Waals surface area contributed by atoms with Crippen LogP contribution in [0, 0.1) is 0 Å². The van der Waals surface area contributed by atoms with Crippen molar-refractivity contribution in [3.8, 4) is 0 Å². The fraction of sp³-hybridized carbons (Fsp3) is 0.924. The molecular weight excluding hydrogens is 935 g/mol. The van der Waals surface area contributed by atoms with Crippen molar-refractivity contribution in [1.29, 1.82) is 0 Å². The number of amides is 1. The van der Waals surface area contributed by atoms with Crippen LogP contribution < -0.4 is 5.32 Å². The highest BCUT2D eigenvalue weighted by molar-refractivity contribution is 5.76. The minimum atomic E-state index is -1.57. The molecule has 1 aliphatic heterocycles. The average Bonchev–Trinajstić information content (AvgIpc) is 3.41. The Labute approximate surface area is 464 Å². The first-order valence-electron chi connectivity index (χ1n) is 33.1. The van der Waals surface area contributed by atoms with E-state index >= 15 is 0 Å². The smallest absolute Gasteiger partial charge is 0.220 e. The van der Waals surface area contributed by atoms with Crippen molar-refractivity contribution in [2.24, 2.45) is 0 Å². The highest BCUT2D eigenvalue weighted by Gasteiger charge is 2.44. The van der Waals surface area contributed by atoms with E-state index in [1.165, 1.54) is 276 Å². The molecule has 75 heavy (non-hydrogen) atoms. The van der Waals surface area contributed by atoms with Gasteiger partial charge in [-0.05, 0) is 32.1 Å². The zero-order valence-electron chi connectivity index (χ0n) is 49.6. The van der Waals surface area contributed by atoms with Gasteiger partial charge >= 0.3 is 0 Å². The second-order valence-corrected chi connectivity index (χ2v) is 23.3. The Morgan fingerprint density at radius 3 is 1.12 bits per heavy atom. The number of allylic oxidation sites excluding steroid dienone is 3. The van der Waals surface area contributed by atoms with Crippen molar-refractivity contribution >= 4 is 5.91 Å². The fourth-order valence-corrected chi connectivity index (χ4v) is 10.8. The molecule has 1 amide bonds. The summed E-state index contributed by atoms with van der Waals surface area (Å²) >= 11 is 0. The van der Waals surface area contributed by atoms with Crippen LogP contribution in [0.4, 0.5) is 0 Å². The van der Waals surface area contributed by atoms with Crippen LogP contribution in [0.25, 0.3) is 0 Å². The molecule has 7 atom stereocenters. The van der Waals surface area contributed by atoms with Crippen LogP contribution in [0.15, 0.2) is 24.3 Å². The molecule has 0 bridgehead atoms. The summed E-state index contributed by atoms with van der Waals surface area (Å²) in [6.07, 6.45) is 65.6. The Hall–Kier alpha value is -1.33. The number of carbonyl (C=O) groups is 1. The predicted molar refractivity (Wildman–Crippen MR) is 318 cm³/mol. The van der Waals surface area contributed by atoms with E-state index in [1.807, 2.05) is 6.08 Å². The van der Waals surface area contributed by atoms with E-state index in [4.69, 9.17) is 9.47 Å². The van der Waals surface area contributed by atoms with E-state index in [1.54, 1.807) is 6.08 Å². The SMILES string of the molecule is CCCCCCCCCCCCCCCCCCCCC/C=C/CC/C=C/C(O)C(COC1OC(CO)C(O)C(O)C1O)NC(=O)CCCCCCCCCCCCCCCCCCCCCCCCCCCCC. The molecule has 444 valence electrons. The molecule has 1 fully saturated rings. The van der Waals surface area contributed by atoms with Crippen molar-refractivity contribution in [2.45, 2.75) is 378 Å². The lowest BCUT2D eigenvalue weighted by Crippen LogP contribution is -2.60. The summed E-state index contributed by atoms with van der Waals surface area (Å²) in [4.78, 5) is 13.1. The third-order valence-electron chi connectivity index (χ3n) is 16.0. The largest absolute Gasteiger partial charge is 0.394 e. The van der Waals surface area contributed by atoms with Gasteiger partial charge in [0.05, 0.1) is 25.4 Å². The van der Waals surface area contributed by atoms with E-state index in [0.717, 1.165) is 38.5 Å². The van der Waals surface area contributed by atoms with Crippen LogP contribution in [-0.2, 0) is 14.3 Å². The third kappa shape index (κ3) is 45.1. The number of aliphatic hydroxyl groups is 5. The molecule has 1 saturated heterocycles. The number of ether oxygens (including phenoxy) is 2. The van der Waals surface area contributed by atoms with Gasteiger partial charge in [-0.15, -0.1) is 0 Å². The van der Waals surface area contributed by atoms with Crippen LogP contribution in [0.2, 0.25) is 0 Å². The highest BCUT2D eigenvalue weighted by Crippen LogP contribution is 2.23. The highest BCUT2D eigenvalue weighted by atomic mass is 16.7. The summed E-state index contributed by atoms with van der Waals surface area (Å²) in [7, 11) is 0. The molecule has 9 nitrogen and oxygen atoms in total. The van der Waals surface area contributed by atoms with E-state index in [0.29, 0.717) is 6.42 Å². The van der Waals surface area contributed by atoms with Gasteiger partial charge in [-0.25, -0.2) is 0 Å². The van der Waals surface area contributed by atoms with Crippen molar-refractivity contribution in [2.75, 3.05) is 13.2 Å². The van der Waals surface area contributed by atoms with Gasteiger partial charge in [-0.2, -0.15) is 0 Å². The van der Waals surface area contributed by atoms with Crippen molar-refractivity contribution < 1.29 is 39.8 Å². The lowest BCUT2D eigenvalue weighted by atomic mass is 9.99. The van der Waals surface area contributed by atoms with Crippen molar-refractivity contribution in [1.82, 2.24) is 5.32 Å². The molecule has 7 unspecified atom stereocenters. The van der Waals surface area contributed by atoms with Crippen LogP contribution in [0.5, 0.6) is 0 Å². The molecular formula is C66H127NO8. The molecule has 0 radical (unpaired) electrons. The monoisotopic (exact) mass is 1060 g/mol. The molecule has 1 aliphatic rings. The molecule has 0 aromatic rings. The van der Waals surface area contributed by atoms with Crippen LogP contribution in [0.1, 0.15) is 335 Å². The third-order valence-corrected chi connectivity index (χ3v) is 16.0. The number of hydrogen-bond donors (Lipinski definition) is 6. The Kier molecular flexibility index (Phi) is 53.5. The molecule has 0 aliphatic carbocycles. The quantitative estimate of drug-likeness (QED) is 0.0261. The second kappa shape index (κ2) is 56.0. The van der Waals surface area contributed by atoms with Gasteiger partial charge in [0.25, 0.3) is 0 Å². The minimum Gasteiger partial charge on any atom is -0.394 e. The first-order valence-corrected chi connectivity index (χ1v) is 33.1. The number of unbranched alkanes of at least 4 members (excludes halogenated alkanes) is 46. The Balaban J connectivity index is 2.17. The Morgan fingerprint density at radius 1 is 0.440 bits per heavy atom. The zero-order chi connectivity index (χ0) is 54.3. The van der Waals surface area contributed by atoms with Crippen molar-refractivity contribution in [3.63, 3.8) is 0 Å². The summed E-state index contributed by atoms with van der Waals surface area (Å²) in [6, 6.07) is -0.819. The van der Waals surface area contributed by atoms with Crippen LogP contribution >= 0.6 is 0 Å². The fourth-order valence-electron chi connectivity index (χ4n) is 10.8. The maximum absolute atomic E-state index is 13.1. The van der Waals surface area contributed by atoms with Gasteiger partial charge in [-0.1, -0.05) is 321 Å². The standard InChI is InChI=1S/C66H127NO8/c1-3-5-7-9-11-13-15-17-19-21-23-25-27-29-30-32-34-36-38-40-42-44-46-48-50-52-54-56-62(70)67-59(58-74-66-65(73)64(72)63(71)61(57-68)75-66)60(69)55-53-51-49-47-45-43-41-39-37-35-33-31-28-26-24-22-20-18-16-14-12-10-8-6-4-2/h45,47,53,55,59-61,63-66,68-69,71-73H,3-44,46,48-52,54,56-58H2,1-2H3,(H,67,70)/b47-45+,55-53+.